The second kappa shape index (κ2) is 11.7. The number of likely N-dealkylation sites (N-methyl/N-ethyl adjacent to an activating group) is 1. The summed E-state index contributed by atoms with van der Waals surface area (Å²) in [4.78, 5) is 43.8. The summed E-state index contributed by atoms with van der Waals surface area (Å²) in [6.07, 6.45) is 4.60. The number of benzene rings is 2. The number of rotatable bonds is 8. The van der Waals surface area contributed by atoms with Crippen LogP contribution in [-0.4, -0.2) is 83.2 Å². The minimum atomic E-state index is -0.839. The Kier molecular flexibility index (Phi) is 8.21. The van der Waals surface area contributed by atoms with Gasteiger partial charge in [0.2, 0.25) is 11.8 Å². The zero-order valence-corrected chi connectivity index (χ0v) is 20.4. The van der Waals surface area contributed by atoms with Gasteiger partial charge < -0.3 is 19.9 Å². The third-order valence-corrected chi connectivity index (χ3v) is 6.39. The van der Waals surface area contributed by atoms with Crippen LogP contribution in [0.25, 0.3) is 0 Å². The molecule has 0 spiro atoms. The van der Waals surface area contributed by atoms with E-state index in [0.29, 0.717) is 25.2 Å². The summed E-state index contributed by atoms with van der Waals surface area (Å²) in [5, 5.41) is 6.29. The van der Waals surface area contributed by atoms with Crippen molar-refractivity contribution < 1.29 is 19.1 Å². The van der Waals surface area contributed by atoms with Crippen molar-refractivity contribution in [2.45, 2.75) is 25.7 Å². The van der Waals surface area contributed by atoms with E-state index in [-0.39, 0.29) is 44.1 Å². The van der Waals surface area contributed by atoms with Crippen molar-refractivity contribution in [2.75, 3.05) is 39.4 Å². The minimum Gasteiger partial charge on any atom is -0.367 e. The lowest BCUT2D eigenvalue weighted by Crippen LogP contribution is -2.74. The van der Waals surface area contributed by atoms with Crippen molar-refractivity contribution in [3.8, 4) is 12.3 Å². The molecule has 4 amide bonds. The average Bonchev–Trinajstić information content (AvgIpc) is 2.91. The highest BCUT2D eigenvalue weighted by Crippen LogP contribution is 2.34. The van der Waals surface area contributed by atoms with E-state index in [1.54, 1.807) is 19.8 Å². The number of ether oxygens (including phenoxy) is 1. The smallest absolute Gasteiger partial charge is 0.334 e. The van der Waals surface area contributed by atoms with E-state index in [9.17, 15) is 14.4 Å². The SMILES string of the molecule is C#CCOCCN1C[C@H]2N(C(=O)CN(CC)N2C(=O)NCc2ccccc2)[C@@H](c2ccccc2)C1=O. The lowest BCUT2D eigenvalue weighted by molar-refractivity contribution is -0.191. The summed E-state index contributed by atoms with van der Waals surface area (Å²) >= 11 is 0. The van der Waals surface area contributed by atoms with Crippen molar-refractivity contribution in [3.05, 3.63) is 71.8 Å². The molecule has 9 heteroatoms. The van der Waals surface area contributed by atoms with Gasteiger partial charge in [0, 0.05) is 19.6 Å². The zero-order valence-electron chi connectivity index (χ0n) is 20.4. The largest absolute Gasteiger partial charge is 0.367 e. The quantitative estimate of drug-likeness (QED) is 0.452. The first-order chi connectivity index (χ1) is 17.5. The van der Waals surface area contributed by atoms with Gasteiger partial charge in [-0.1, -0.05) is 73.5 Å². The van der Waals surface area contributed by atoms with Gasteiger partial charge in [0.05, 0.1) is 19.7 Å². The third-order valence-electron chi connectivity index (χ3n) is 6.39. The fourth-order valence-corrected chi connectivity index (χ4v) is 4.68. The van der Waals surface area contributed by atoms with Crippen LogP contribution in [0.4, 0.5) is 4.79 Å². The Bertz CT molecular complexity index is 1100. The predicted molar refractivity (Wildman–Crippen MR) is 134 cm³/mol. The van der Waals surface area contributed by atoms with Crippen LogP contribution in [0.5, 0.6) is 0 Å². The van der Waals surface area contributed by atoms with Crippen LogP contribution in [0.15, 0.2) is 60.7 Å². The molecular weight excluding hydrogens is 458 g/mol. The van der Waals surface area contributed by atoms with Gasteiger partial charge >= 0.3 is 6.03 Å². The number of fused-ring (bicyclic) bond motifs is 1. The molecule has 2 saturated heterocycles. The van der Waals surface area contributed by atoms with E-state index in [0.717, 1.165) is 5.56 Å². The number of urea groups is 1. The first kappa shape index (κ1) is 25.2. The molecule has 0 bridgehead atoms. The number of nitrogens with zero attached hydrogens (tertiary/aromatic N) is 4. The highest BCUT2D eigenvalue weighted by molar-refractivity contribution is 5.92. The number of carbonyl (C=O) groups is 3. The second-order valence-electron chi connectivity index (χ2n) is 8.61. The lowest BCUT2D eigenvalue weighted by atomic mass is 9.99. The fourth-order valence-electron chi connectivity index (χ4n) is 4.68. The van der Waals surface area contributed by atoms with Gasteiger partial charge in [-0.3, -0.25) is 9.59 Å². The lowest BCUT2D eigenvalue weighted by Gasteiger charge is -2.55. The van der Waals surface area contributed by atoms with Gasteiger partial charge in [0.15, 0.2) is 0 Å². The summed E-state index contributed by atoms with van der Waals surface area (Å²) < 4.78 is 5.42. The summed E-state index contributed by atoms with van der Waals surface area (Å²) in [6, 6.07) is 17.7. The molecule has 2 aliphatic rings. The number of hydrazine groups is 1. The maximum Gasteiger partial charge on any atom is 0.334 e. The molecule has 2 atom stereocenters. The normalized spacial score (nSPS) is 20.2. The molecule has 4 rings (SSSR count). The molecule has 9 nitrogen and oxygen atoms in total. The molecule has 2 fully saturated rings. The molecule has 0 aliphatic carbocycles. The highest BCUT2D eigenvalue weighted by Gasteiger charge is 2.51. The maximum absolute atomic E-state index is 13.6. The Morgan fingerprint density at radius 3 is 2.47 bits per heavy atom. The standard InChI is InChI=1S/C27H31N5O4/c1-3-16-36-17-15-29-19-23-31(25(26(29)34)22-13-9-6-10-14-22)24(33)20-30(4-2)32(23)27(35)28-18-21-11-7-5-8-12-21/h1,5-14,23,25H,4,15-20H2,2H3,(H,28,35)/t23-,25-/m0/s1. The Morgan fingerprint density at radius 2 is 1.81 bits per heavy atom. The van der Waals surface area contributed by atoms with Crippen LogP contribution in [-0.2, 0) is 20.9 Å². The van der Waals surface area contributed by atoms with Crippen molar-refractivity contribution in [1.82, 2.24) is 25.1 Å². The first-order valence-electron chi connectivity index (χ1n) is 12.1. The fraction of sp³-hybridized carbons (Fsp3) is 0.370. The van der Waals surface area contributed by atoms with Crippen LogP contribution >= 0.6 is 0 Å². The van der Waals surface area contributed by atoms with Gasteiger partial charge in [-0.25, -0.2) is 14.8 Å². The number of carbonyl (C=O) groups excluding carboxylic acids is 3. The molecule has 0 radical (unpaired) electrons. The van der Waals surface area contributed by atoms with Crippen LogP contribution in [0.3, 0.4) is 0 Å². The monoisotopic (exact) mass is 489 g/mol. The third kappa shape index (κ3) is 5.35. The van der Waals surface area contributed by atoms with Crippen LogP contribution in [0, 0.1) is 12.3 Å². The van der Waals surface area contributed by atoms with Crippen molar-refractivity contribution in [1.29, 1.82) is 0 Å². The zero-order chi connectivity index (χ0) is 25.5. The first-order valence-corrected chi connectivity index (χ1v) is 12.1. The van der Waals surface area contributed by atoms with Gasteiger partial charge in [-0.05, 0) is 11.1 Å². The maximum atomic E-state index is 13.6. The van der Waals surface area contributed by atoms with E-state index in [2.05, 4.69) is 11.2 Å². The van der Waals surface area contributed by atoms with Gasteiger partial charge in [0.1, 0.15) is 18.8 Å². The number of hydrogen-bond acceptors (Lipinski definition) is 5. The van der Waals surface area contributed by atoms with E-state index in [4.69, 9.17) is 11.2 Å². The Hall–Kier alpha value is -3.87. The number of terminal acetylenes is 1. The Balaban J connectivity index is 1.64. The predicted octanol–water partition coefficient (Wildman–Crippen LogP) is 1.84. The average molecular weight is 490 g/mol. The van der Waals surface area contributed by atoms with Crippen LogP contribution < -0.4 is 5.32 Å². The molecule has 0 saturated carbocycles. The van der Waals surface area contributed by atoms with Crippen molar-refractivity contribution >= 4 is 17.8 Å². The highest BCUT2D eigenvalue weighted by atomic mass is 16.5. The summed E-state index contributed by atoms with van der Waals surface area (Å²) in [5.74, 6) is 2.02. The van der Waals surface area contributed by atoms with E-state index < -0.39 is 12.2 Å². The molecule has 2 aliphatic heterocycles. The molecule has 2 heterocycles. The van der Waals surface area contributed by atoms with E-state index in [1.165, 1.54) is 0 Å². The Morgan fingerprint density at radius 1 is 1.11 bits per heavy atom. The summed E-state index contributed by atoms with van der Waals surface area (Å²) in [7, 11) is 0. The molecule has 1 N–H and O–H groups in total. The summed E-state index contributed by atoms with van der Waals surface area (Å²) in [6.45, 7) is 3.59. The molecule has 0 aromatic heterocycles. The second-order valence-corrected chi connectivity index (χ2v) is 8.61. The van der Waals surface area contributed by atoms with Gasteiger partial charge in [0.25, 0.3) is 0 Å². The number of hydrogen-bond donors (Lipinski definition) is 1. The van der Waals surface area contributed by atoms with Crippen LogP contribution in [0.2, 0.25) is 0 Å². The number of piperazine rings is 1. The molecule has 0 unspecified atom stereocenters. The van der Waals surface area contributed by atoms with E-state index in [1.807, 2.05) is 67.6 Å². The number of amides is 4. The summed E-state index contributed by atoms with van der Waals surface area (Å²) in [5.41, 5.74) is 1.66. The molecule has 2 aromatic carbocycles. The van der Waals surface area contributed by atoms with E-state index >= 15 is 0 Å². The van der Waals surface area contributed by atoms with Crippen molar-refractivity contribution in [3.63, 3.8) is 0 Å². The van der Waals surface area contributed by atoms with Crippen molar-refractivity contribution in [2.24, 2.45) is 0 Å². The molecule has 36 heavy (non-hydrogen) atoms. The van der Waals surface area contributed by atoms with Gasteiger partial charge in [-0.15, -0.1) is 6.42 Å². The number of nitrogens with one attached hydrogen (secondary N) is 1. The van der Waals surface area contributed by atoms with Crippen LogP contribution in [0.1, 0.15) is 24.1 Å². The topological polar surface area (TPSA) is 85.4 Å². The molecular formula is C27H31N5O4. The van der Waals surface area contributed by atoms with Gasteiger partial charge in [-0.2, -0.15) is 0 Å². The Labute approximate surface area is 211 Å². The molecule has 2 aromatic rings. The molecule has 188 valence electrons. The minimum absolute atomic E-state index is 0.00759.